The van der Waals surface area contributed by atoms with Crippen molar-refractivity contribution in [3.05, 3.63) is 23.4 Å². The number of hydrogen-bond acceptors (Lipinski definition) is 3. The minimum Gasteiger partial charge on any atom is -0.525 e. The molecule has 10 heavy (non-hydrogen) atoms. The maximum Gasteiger partial charge on any atom is 0.505 e. The smallest absolute Gasteiger partial charge is 0.505 e. The van der Waals surface area contributed by atoms with Crippen LogP contribution >= 0.6 is 11.6 Å². The van der Waals surface area contributed by atoms with Gasteiger partial charge in [0.1, 0.15) is 0 Å². The van der Waals surface area contributed by atoms with Crippen molar-refractivity contribution in [3.8, 4) is 5.88 Å². The summed E-state index contributed by atoms with van der Waals surface area (Å²) in [5, 5.41) is 8.84. The first-order valence-corrected chi connectivity index (χ1v) is 3.06. The summed E-state index contributed by atoms with van der Waals surface area (Å²) in [6.07, 6.45) is 1.45. The topological polar surface area (TPSA) is 42.4 Å². The van der Waals surface area contributed by atoms with E-state index in [0.29, 0.717) is 10.9 Å². The Kier molecular flexibility index (Phi) is 2.53. The molecule has 0 atom stereocenters. The fourth-order valence-electron chi connectivity index (χ4n) is 0.514. The van der Waals surface area contributed by atoms with Crippen LogP contribution in [0.4, 0.5) is 0 Å². The fourth-order valence-corrected chi connectivity index (χ4v) is 0.626. The minimum absolute atomic E-state index is 0.366. The minimum atomic E-state index is -0.366. The van der Waals surface area contributed by atoms with Gasteiger partial charge in [-0.05, 0) is 6.07 Å². The molecule has 0 aliphatic carbocycles. The van der Waals surface area contributed by atoms with Crippen LogP contribution in [0, 0.1) is 0 Å². The van der Waals surface area contributed by atoms with Crippen LogP contribution in [0.1, 0.15) is 0 Å². The van der Waals surface area contributed by atoms with Gasteiger partial charge < -0.3 is 9.68 Å². The first-order chi connectivity index (χ1) is 4.83. The second-order valence-electron chi connectivity index (χ2n) is 1.59. The molecule has 0 aliphatic heterocycles. The predicted molar refractivity (Wildman–Crippen MR) is 39.2 cm³/mol. The van der Waals surface area contributed by atoms with Gasteiger partial charge in [0.05, 0.1) is 5.02 Å². The number of pyridine rings is 1. The zero-order chi connectivity index (χ0) is 7.40. The summed E-state index contributed by atoms with van der Waals surface area (Å²) in [5.74, 6) is 0.368. The quantitative estimate of drug-likeness (QED) is 0.631. The van der Waals surface area contributed by atoms with Crippen LogP contribution in [0.2, 0.25) is 5.02 Å². The lowest BCUT2D eigenvalue weighted by Gasteiger charge is -1.97. The van der Waals surface area contributed by atoms with Gasteiger partial charge in [-0.3, -0.25) is 0 Å². The SMILES string of the molecule is OBOc1ccc(Cl)cn1. The molecule has 1 rings (SSSR count). The molecule has 0 aromatic carbocycles. The Morgan fingerprint density at radius 3 is 2.90 bits per heavy atom. The summed E-state index contributed by atoms with van der Waals surface area (Å²) in [6.45, 7) is 0. The molecule has 0 radical (unpaired) electrons. The molecule has 1 heterocycles. The Balaban J connectivity index is 2.69. The summed E-state index contributed by atoms with van der Waals surface area (Å²) in [5.41, 5.74) is 0. The number of hydrogen-bond donors (Lipinski definition) is 1. The van der Waals surface area contributed by atoms with Gasteiger partial charge in [-0.2, -0.15) is 0 Å². The molecule has 0 saturated carbocycles. The highest BCUT2D eigenvalue weighted by Crippen LogP contribution is 2.10. The van der Waals surface area contributed by atoms with Gasteiger partial charge in [-0.1, -0.05) is 11.6 Å². The first-order valence-electron chi connectivity index (χ1n) is 2.68. The summed E-state index contributed by atoms with van der Waals surface area (Å²) in [7, 11) is -0.366. The molecule has 0 aliphatic rings. The second kappa shape index (κ2) is 3.44. The summed E-state index contributed by atoms with van der Waals surface area (Å²) < 4.78 is 4.65. The monoisotopic (exact) mass is 157 g/mol. The predicted octanol–water partition coefficient (Wildman–Crippen LogP) is 0.373. The van der Waals surface area contributed by atoms with Crippen LogP contribution in [-0.2, 0) is 0 Å². The van der Waals surface area contributed by atoms with E-state index in [-0.39, 0.29) is 7.69 Å². The van der Waals surface area contributed by atoms with Gasteiger partial charge in [-0.25, -0.2) is 4.98 Å². The van der Waals surface area contributed by atoms with Crippen molar-refractivity contribution in [2.45, 2.75) is 0 Å². The molecule has 0 amide bonds. The fraction of sp³-hybridized carbons (Fsp3) is 0. The summed E-state index contributed by atoms with van der Waals surface area (Å²) in [6, 6.07) is 3.22. The molecule has 1 N–H and O–H groups in total. The van der Waals surface area contributed by atoms with Crippen molar-refractivity contribution >= 4 is 19.3 Å². The van der Waals surface area contributed by atoms with Crippen LogP contribution in [0.15, 0.2) is 18.3 Å². The highest BCUT2D eigenvalue weighted by Gasteiger charge is 1.92. The third kappa shape index (κ3) is 1.90. The van der Waals surface area contributed by atoms with E-state index in [4.69, 9.17) is 16.6 Å². The molecule has 0 bridgehead atoms. The van der Waals surface area contributed by atoms with Crippen molar-refractivity contribution in [1.29, 1.82) is 0 Å². The van der Waals surface area contributed by atoms with Gasteiger partial charge in [0.25, 0.3) is 0 Å². The van der Waals surface area contributed by atoms with Gasteiger partial charge >= 0.3 is 7.69 Å². The first kappa shape index (κ1) is 7.37. The zero-order valence-electron chi connectivity index (χ0n) is 5.12. The number of aromatic nitrogens is 1. The Labute approximate surface area is 63.9 Å². The average Bonchev–Trinajstić information content (AvgIpc) is 1.95. The number of nitrogens with zero attached hydrogens (tertiary/aromatic N) is 1. The normalized spacial score (nSPS) is 9.00. The molecule has 5 heteroatoms. The van der Waals surface area contributed by atoms with Crippen molar-refractivity contribution in [2.24, 2.45) is 0 Å². The lowest BCUT2D eigenvalue weighted by Crippen LogP contribution is -2.00. The molecule has 1 aromatic heterocycles. The summed E-state index contributed by atoms with van der Waals surface area (Å²) in [4.78, 5) is 3.75. The van der Waals surface area contributed by atoms with Gasteiger partial charge in [0.15, 0.2) is 5.88 Å². The molecular weight excluding hydrogens is 152 g/mol. The van der Waals surface area contributed by atoms with Crippen LogP contribution in [0.3, 0.4) is 0 Å². The number of rotatable bonds is 2. The van der Waals surface area contributed by atoms with Crippen LogP contribution in [-0.4, -0.2) is 17.7 Å². The molecule has 0 spiro atoms. The standard InChI is InChI=1S/C5H5BClNO2/c7-4-1-2-5(8-3-4)10-6-9/h1-3,6,9H. The van der Waals surface area contributed by atoms with E-state index in [2.05, 4.69) is 9.64 Å². The highest BCUT2D eigenvalue weighted by molar-refractivity contribution is 6.30. The van der Waals surface area contributed by atoms with E-state index in [0.717, 1.165) is 0 Å². The maximum atomic E-state index is 8.29. The lowest BCUT2D eigenvalue weighted by molar-refractivity contribution is 0.443. The Morgan fingerprint density at radius 1 is 1.60 bits per heavy atom. The molecule has 1 aromatic rings. The zero-order valence-corrected chi connectivity index (χ0v) is 5.88. The Morgan fingerprint density at radius 2 is 2.40 bits per heavy atom. The van der Waals surface area contributed by atoms with Crippen LogP contribution < -0.4 is 4.65 Å². The highest BCUT2D eigenvalue weighted by atomic mass is 35.5. The van der Waals surface area contributed by atoms with Gasteiger partial charge in [0.2, 0.25) is 0 Å². The van der Waals surface area contributed by atoms with Crippen molar-refractivity contribution in [2.75, 3.05) is 0 Å². The van der Waals surface area contributed by atoms with Crippen LogP contribution in [0.5, 0.6) is 5.88 Å². The van der Waals surface area contributed by atoms with Gasteiger partial charge in [-0.15, -0.1) is 0 Å². The van der Waals surface area contributed by atoms with Crippen molar-refractivity contribution in [3.63, 3.8) is 0 Å². The molecular formula is C5H5BClNO2. The molecule has 3 nitrogen and oxygen atoms in total. The van der Waals surface area contributed by atoms with Crippen molar-refractivity contribution < 1.29 is 9.68 Å². The average molecular weight is 157 g/mol. The Bertz CT molecular complexity index is 203. The van der Waals surface area contributed by atoms with Gasteiger partial charge in [0, 0.05) is 12.3 Å². The maximum absolute atomic E-state index is 8.29. The summed E-state index contributed by atoms with van der Waals surface area (Å²) >= 11 is 5.53. The van der Waals surface area contributed by atoms with Crippen LogP contribution in [0.25, 0.3) is 0 Å². The number of halogens is 1. The molecule has 0 unspecified atom stereocenters. The third-order valence-corrected chi connectivity index (χ3v) is 1.14. The Hall–Kier alpha value is -0.735. The lowest BCUT2D eigenvalue weighted by atomic mass is 10.4. The van der Waals surface area contributed by atoms with E-state index < -0.39 is 0 Å². The third-order valence-electron chi connectivity index (χ3n) is 0.913. The van der Waals surface area contributed by atoms with E-state index >= 15 is 0 Å². The van der Waals surface area contributed by atoms with E-state index in [1.54, 1.807) is 12.1 Å². The molecule has 0 fully saturated rings. The van der Waals surface area contributed by atoms with Crippen molar-refractivity contribution in [1.82, 2.24) is 4.98 Å². The van der Waals surface area contributed by atoms with E-state index in [1.807, 2.05) is 0 Å². The molecule has 52 valence electrons. The van der Waals surface area contributed by atoms with E-state index in [9.17, 15) is 0 Å². The molecule has 0 saturated heterocycles. The largest absolute Gasteiger partial charge is 0.525 e. The second-order valence-corrected chi connectivity index (χ2v) is 2.02. The van der Waals surface area contributed by atoms with E-state index in [1.165, 1.54) is 6.20 Å².